The molecule has 3 aromatic carbocycles. The van der Waals surface area contributed by atoms with Gasteiger partial charge in [-0.3, -0.25) is 0 Å². The second-order valence-electron chi connectivity index (χ2n) is 6.26. The average molecular weight is 418 g/mol. The number of aromatic nitrogens is 2. The van der Waals surface area contributed by atoms with E-state index in [1.54, 1.807) is 14.2 Å². The molecule has 0 aliphatic heterocycles. The van der Waals surface area contributed by atoms with E-state index in [4.69, 9.17) is 9.47 Å². The van der Waals surface area contributed by atoms with Gasteiger partial charge in [-0.15, -0.1) is 12.4 Å². The number of halogens is 1. The number of fused-ring (bicyclic) bond motifs is 1. The monoisotopic (exact) mass is 417 g/mol. The highest BCUT2D eigenvalue weighted by atomic mass is 35.5. The fourth-order valence-electron chi connectivity index (χ4n) is 2.92. The summed E-state index contributed by atoms with van der Waals surface area (Å²) in [4.78, 5) is 8.71. The summed E-state index contributed by atoms with van der Waals surface area (Å²) in [6.45, 7) is 0. The van der Waals surface area contributed by atoms with E-state index < -0.39 is 0 Å². The fourth-order valence-corrected chi connectivity index (χ4v) is 2.92. The molecule has 0 amide bonds. The number of benzene rings is 3. The van der Waals surface area contributed by atoms with Crippen LogP contribution >= 0.6 is 12.4 Å². The molecule has 1 N–H and O–H groups in total. The number of hydrogen-bond donors (Lipinski definition) is 1. The lowest BCUT2D eigenvalue weighted by atomic mass is 10.1. The van der Waals surface area contributed by atoms with Crippen molar-refractivity contribution < 1.29 is 9.47 Å². The molecular weight excluding hydrogens is 398 g/mol. The predicted molar refractivity (Wildman–Crippen MR) is 122 cm³/mol. The highest BCUT2D eigenvalue weighted by Crippen LogP contribution is 2.34. The van der Waals surface area contributed by atoms with Crippen molar-refractivity contribution in [3.05, 3.63) is 84.2 Å². The number of anilines is 2. The zero-order valence-electron chi connectivity index (χ0n) is 16.5. The number of hydrogen-bond acceptors (Lipinski definition) is 5. The van der Waals surface area contributed by atoms with Crippen molar-refractivity contribution in [3.8, 4) is 23.3 Å². The molecule has 1 heterocycles. The Bertz CT molecular complexity index is 1200. The molecule has 0 spiro atoms. The molecule has 0 unspecified atom stereocenters. The summed E-state index contributed by atoms with van der Waals surface area (Å²) in [5, 5.41) is 4.19. The first kappa shape index (κ1) is 21.0. The summed E-state index contributed by atoms with van der Waals surface area (Å²) in [5.41, 5.74) is 3.61. The second kappa shape index (κ2) is 9.64. The molecule has 1 aromatic heterocycles. The first-order chi connectivity index (χ1) is 14.3. The second-order valence-corrected chi connectivity index (χ2v) is 6.26. The number of ether oxygens (including phenoxy) is 2. The summed E-state index contributed by atoms with van der Waals surface area (Å²) in [6, 6.07) is 21.5. The summed E-state index contributed by atoms with van der Waals surface area (Å²) in [5.74, 6) is 8.29. The summed E-state index contributed by atoms with van der Waals surface area (Å²) in [7, 11) is 3.21. The zero-order chi connectivity index (χ0) is 20.1. The predicted octanol–water partition coefficient (Wildman–Crippen LogP) is 5.21. The van der Waals surface area contributed by atoms with Crippen molar-refractivity contribution in [2.45, 2.75) is 0 Å². The van der Waals surface area contributed by atoms with Gasteiger partial charge < -0.3 is 14.8 Å². The SMILES string of the molecule is COc1cc2ncnc(Nc3ccc(C#Cc4ccccc4)cc3)c2cc1OC.Cl. The molecule has 150 valence electrons. The lowest BCUT2D eigenvalue weighted by Crippen LogP contribution is -1.98. The van der Waals surface area contributed by atoms with Gasteiger partial charge in [-0.2, -0.15) is 0 Å². The van der Waals surface area contributed by atoms with Gasteiger partial charge in [-0.25, -0.2) is 9.97 Å². The fraction of sp³-hybridized carbons (Fsp3) is 0.0833. The van der Waals surface area contributed by atoms with Crippen molar-refractivity contribution in [3.63, 3.8) is 0 Å². The Morgan fingerprint density at radius 1 is 0.767 bits per heavy atom. The average Bonchev–Trinajstić information content (AvgIpc) is 2.78. The molecule has 5 nitrogen and oxygen atoms in total. The number of rotatable bonds is 4. The van der Waals surface area contributed by atoms with Gasteiger partial charge in [0.2, 0.25) is 0 Å². The summed E-state index contributed by atoms with van der Waals surface area (Å²) < 4.78 is 10.8. The first-order valence-corrected chi connectivity index (χ1v) is 9.08. The third kappa shape index (κ3) is 4.62. The molecule has 4 rings (SSSR count). The molecule has 4 aromatic rings. The Morgan fingerprint density at radius 3 is 2.07 bits per heavy atom. The molecule has 30 heavy (non-hydrogen) atoms. The van der Waals surface area contributed by atoms with Crippen LogP contribution in [-0.4, -0.2) is 24.2 Å². The molecule has 0 saturated heterocycles. The van der Waals surface area contributed by atoms with Crippen molar-refractivity contribution >= 4 is 34.8 Å². The number of nitrogens with one attached hydrogen (secondary N) is 1. The first-order valence-electron chi connectivity index (χ1n) is 9.08. The molecule has 0 atom stereocenters. The van der Waals surface area contributed by atoms with Gasteiger partial charge in [0.15, 0.2) is 11.5 Å². The Hall–Kier alpha value is -3.75. The zero-order valence-corrected chi connectivity index (χ0v) is 17.4. The molecule has 0 fully saturated rings. The Balaban J connectivity index is 0.00000256. The molecular formula is C24H20ClN3O2. The van der Waals surface area contributed by atoms with Crippen LogP contribution in [0.4, 0.5) is 11.5 Å². The van der Waals surface area contributed by atoms with E-state index in [0.717, 1.165) is 27.7 Å². The van der Waals surface area contributed by atoms with Gasteiger partial charge in [0.25, 0.3) is 0 Å². The van der Waals surface area contributed by atoms with E-state index in [0.29, 0.717) is 17.3 Å². The van der Waals surface area contributed by atoms with E-state index in [1.165, 1.54) is 6.33 Å². The lowest BCUT2D eigenvalue weighted by Gasteiger charge is -2.12. The molecule has 0 aliphatic rings. The van der Waals surface area contributed by atoms with E-state index in [2.05, 4.69) is 27.1 Å². The summed E-state index contributed by atoms with van der Waals surface area (Å²) in [6.07, 6.45) is 1.52. The van der Waals surface area contributed by atoms with Crippen LogP contribution < -0.4 is 14.8 Å². The molecule has 0 saturated carbocycles. The normalized spacial score (nSPS) is 9.80. The maximum Gasteiger partial charge on any atom is 0.162 e. The van der Waals surface area contributed by atoms with Crippen molar-refractivity contribution in [1.29, 1.82) is 0 Å². The van der Waals surface area contributed by atoms with Crippen molar-refractivity contribution in [1.82, 2.24) is 9.97 Å². The van der Waals surface area contributed by atoms with Crippen LogP contribution in [0.15, 0.2) is 73.1 Å². The van der Waals surface area contributed by atoms with Crippen LogP contribution in [-0.2, 0) is 0 Å². The third-order valence-corrected chi connectivity index (χ3v) is 4.41. The van der Waals surface area contributed by atoms with E-state index in [1.807, 2.05) is 66.7 Å². The largest absolute Gasteiger partial charge is 0.493 e. The van der Waals surface area contributed by atoms with Crippen molar-refractivity contribution in [2.75, 3.05) is 19.5 Å². The van der Waals surface area contributed by atoms with E-state index in [-0.39, 0.29) is 12.4 Å². The van der Waals surface area contributed by atoms with Gasteiger partial charge in [-0.05, 0) is 42.5 Å². The van der Waals surface area contributed by atoms with Gasteiger partial charge in [0.1, 0.15) is 12.1 Å². The quantitative estimate of drug-likeness (QED) is 0.462. The van der Waals surface area contributed by atoms with E-state index in [9.17, 15) is 0 Å². The Kier molecular flexibility index (Phi) is 6.74. The minimum absolute atomic E-state index is 0. The van der Waals surface area contributed by atoms with Crippen LogP contribution in [0.3, 0.4) is 0 Å². The standard InChI is InChI=1S/C24H19N3O2.ClH/c1-28-22-14-20-21(15-23(22)29-2)25-16-26-24(20)27-19-12-10-18(11-13-19)9-8-17-6-4-3-5-7-17;/h3-7,10-16H,1-2H3,(H,25,26,27);1H. The van der Waals surface area contributed by atoms with Crippen LogP contribution in [0.2, 0.25) is 0 Å². The van der Waals surface area contributed by atoms with Gasteiger partial charge in [0.05, 0.1) is 19.7 Å². The van der Waals surface area contributed by atoms with Crippen LogP contribution in [0.25, 0.3) is 10.9 Å². The van der Waals surface area contributed by atoms with Crippen molar-refractivity contribution in [2.24, 2.45) is 0 Å². The lowest BCUT2D eigenvalue weighted by molar-refractivity contribution is 0.356. The van der Waals surface area contributed by atoms with Gasteiger partial charge in [-0.1, -0.05) is 30.0 Å². The molecule has 0 aliphatic carbocycles. The van der Waals surface area contributed by atoms with Crippen LogP contribution in [0.5, 0.6) is 11.5 Å². The Morgan fingerprint density at radius 2 is 1.40 bits per heavy atom. The third-order valence-electron chi connectivity index (χ3n) is 4.41. The molecule has 0 radical (unpaired) electrons. The van der Waals surface area contributed by atoms with Crippen LogP contribution in [0.1, 0.15) is 11.1 Å². The minimum Gasteiger partial charge on any atom is -0.493 e. The highest BCUT2D eigenvalue weighted by molar-refractivity contribution is 5.93. The van der Waals surface area contributed by atoms with Gasteiger partial charge >= 0.3 is 0 Å². The summed E-state index contributed by atoms with van der Waals surface area (Å²) >= 11 is 0. The van der Waals surface area contributed by atoms with Crippen LogP contribution in [0, 0.1) is 11.8 Å². The molecule has 6 heteroatoms. The maximum absolute atomic E-state index is 5.41. The number of methoxy groups -OCH3 is 2. The van der Waals surface area contributed by atoms with E-state index >= 15 is 0 Å². The van der Waals surface area contributed by atoms with Gasteiger partial charge in [0, 0.05) is 28.3 Å². The number of nitrogens with zero attached hydrogens (tertiary/aromatic N) is 2. The highest BCUT2D eigenvalue weighted by Gasteiger charge is 2.11. The maximum atomic E-state index is 5.41. The Labute approximate surface area is 181 Å². The minimum atomic E-state index is 0. The topological polar surface area (TPSA) is 56.3 Å². The smallest absolute Gasteiger partial charge is 0.162 e. The molecule has 0 bridgehead atoms.